The molecule has 1 aliphatic rings. The highest BCUT2D eigenvalue weighted by Crippen LogP contribution is 2.47. The second kappa shape index (κ2) is 7.03. The fourth-order valence-electron chi connectivity index (χ4n) is 3.20. The Bertz CT molecular complexity index is 905. The summed E-state index contributed by atoms with van der Waals surface area (Å²) in [5, 5.41) is 7.28. The molecule has 0 spiro atoms. The van der Waals surface area contributed by atoms with E-state index >= 15 is 0 Å². The van der Waals surface area contributed by atoms with E-state index in [4.69, 9.17) is 0 Å². The fraction of sp³-hybridized carbons (Fsp3) is 0.250. The van der Waals surface area contributed by atoms with Crippen molar-refractivity contribution in [3.8, 4) is 5.69 Å². The van der Waals surface area contributed by atoms with Gasteiger partial charge in [-0.05, 0) is 48.4 Å². The third-order valence-electron chi connectivity index (χ3n) is 4.87. The average Bonchev–Trinajstić information content (AvgIpc) is 3.19. The van der Waals surface area contributed by atoms with Gasteiger partial charge < -0.3 is 5.32 Å². The Balaban J connectivity index is 1.48. The molecule has 1 aliphatic carbocycles. The van der Waals surface area contributed by atoms with Crippen LogP contribution in [-0.2, 0) is 6.42 Å². The largest absolute Gasteiger partial charge is 0.351 e. The molecule has 0 radical (unpaired) electrons. The lowest BCUT2D eigenvalue weighted by Crippen LogP contribution is -2.32. The molecule has 1 saturated carbocycles. The lowest BCUT2D eigenvalue weighted by atomic mass is 9.96. The molecule has 0 unspecified atom stereocenters. The lowest BCUT2D eigenvalue weighted by Gasteiger charge is -2.17. The van der Waals surface area contributed by atoms with Crippen molar-refractivity contribution in [1.29, 1.82) is 0 Å². The first-order chi connectivity index (χ1) is 12.7. The number of hydrogen-bond donors (Lipinski definition) is 1. The third kappa shape index (κ3) is 3.70. The van der Waals surface area contributed by atoms with Crippen LogP contribution in [0.4, 0.5) is 0 Å². The van der Waals surface area contributed by atoms with Crippen molar-refractivity contribution in [2.24, 2.45) is 5.41 Å². The molecule has 4 rings (SSSR count). The molecule has 0 bridgehead atoms. The second-order valence-corrected chi connectivity index (χ2v) is 7.76. The van der Waals surface area contributed by atoms with E-state index in [2.05, 4.69) is 55.6 Å². The number of aromatic nitrogens is 3. The molecule has 1 amide bonds. The molecule has 3 aromatic rings. The second-order valence-electron chi connectivity index (χ2n) is 6.85. The summed E-state index contributed by atoms with van der Waals surface area (Å²) in [4.78, 5) is 16.8. The zero-order valence-corrected chi connectivity index (χ0v) is 15.8. The standard InChI is InChI=1S/C20H19BrN4O/c21-16-6-7-17(18(10-16)25-14-22-13-24-25)19(26)23-12-20(8-9-20)11-15-4-2-1-3-5-15/h1-7,10,13-14H,8-9,11-12H2,(H,23,26). The van der Waals surface area contributed by atoms with Gasteiger partial charge >= 0.3 is 0 Å². The van der Waals surface area contributed by atoms with Crippen LogP contribution in [0.25, 0.3) is 5.69 Å². The van der Waals surface area contributed by atoms with Gasteiger partial charge in [-0.25, -0.2) is 9.67 Å². The van der Waals surface area contributed by atoms with Crippen LogP contribution >= 0.6 is 15.9 Å². The van der Waals surface area contributed by atoms with Gasteiger partial charge in [0.05, 0.1) is 11.3 Å². The highest BCUT2D eigenvalue weighted by Gasteiger charge is 2.42. The lowest BCUT2D eigenvalue weighted by molar-refractivity contribution is 0.0944. The van der Waals surface area contributed by atoms with E-state index in [9.17, 15) is 4.79 Å². The third-order valence-corrected chi connectivity index (χ3v) is 5.37. The molecule has 26 heavy (non-hydrogen) atoms. The number of amides is 1. The molecule has 132 valence electrons. The van der Waals surface area contributed by atoms with E-state index in [0.717, 1.165) is 23.7 Å². The van der Waals surface area contributed by atoms with Crippen LogP contribution < -0.4 is 5.32 Å². The fourth-order valence-corrected chi connectivity index (χ4v) is 3.55. The van der Waals surface area contributed by atoms with Crippen molar-refractivity contribution < 1.29 is 4.79 Å². The first-order valence-corrected chi connectivity index (χ1v) is 9.41. The predicted octanol–water partition coefficient (Wildman–Crippen LogP) is 3.78. The summed E-state index contributed by atoms with van der Waals surface area (Å²) >= 11 is 3.46. The van der Waals surface area contributed by atoms with Gasteiger partial charge in [0.2, 0.25) is 0 Å². The van der Waals surface area contributed by atoms with Gasteiger partial charge in [0.15, 0.2) is 0 Å². The van der Waals surface area contributed by atoms with E-state index in [1.165, 1.54) is 11.9 Å². The topological polar surface area (TPSA) is 59.8 Å². The summed E-state index contributed by atoms with van der Waals surface area (Å²) in [7, 11) is 0. The normalized spacial score (nSPS) is 14.8. The van der Waals surface area contributed by atoms with Gasteiger partial charge in [-0.15, -0.1) is 0 Å². The SMILES string of the molecule is O=C(NCC1(Cc2ccccc2)CC1)c1ccc(Br)cc1-n1cncn1. The number of carbonyl (C=O) groups excluding carboxylic acids is 1. The molecule has 5 nitrogen and oxygen atoms in total. The van der Waals surface area contributed by atoms with Crippen LogP contribution in [-0.4, -0.2) is 27.2 Å². The molecule has 1 N–H and O–H groups in total. The first kappa shape index (κ1) is 17.0. The molecule has 1 fully saturated rings. The van der Waals surface area contributed by atoms with Gasteiger partial charge in [0.25, 0.3) is 5.91 Å². The van der Waals surface area contributed by atoms with Gasteiger partial charge in [-0.1, -0.05) is 46.3 Å². The van der Waals surface area contributed by atoms with E-state index in [1.807, 2.05) is 24.3 Å². The predicted molar refractivity (Wildman–Crippen MR) is 103 cm³/mol. The monoisotopic (exact) mass is 410 g/mol. The number of benzene rings is 2. The van der Waals surface area contributed by atoms with Crippen molar-refractivity contribution in [3.05, 3.63) is 76.8 Å². The maximum absolute atomic E-state index is 12.8. The van der Waals surface area contributed by atoms with Gasteiger partial charge in [0.1, 0.15) is 12.7 Å². The summed E-state index contributed by atoms with van der Waals surface area (Å²) in [5.74, 6) is -0.0812. The molecule has 1 aromatic heterocycles. The summed E-state index contributed by atoms with van der Waals surface area (Å²) in [6.07, 6.45) is 6.36. The minimum Gasteiger partial charge on any atom is -0.351 e. The molecular weight excluding hydrogens is 392 g/mol. The van der Waals surface area contributed by atoms with Crippen LogP contribution in [0.5, 0.6) is 0 Å². The van der Waals surface area contributed by atoms with Gasteiger partial charge in [0, 0.05) is 11.0 Å². The Hall–Kier alpha value is -2.47. The van der Waals surface area contributed by atoms with Crippen molar-refractivity contribution in [1.82, 2.24) is 20.1 Å². The maximum atomic E-state index is 12.8. The Morgan fingerprint density at radius 1 is 1.19 bits per heavy atom. The van der Waals surface area contributed by atoms with Crippen molar-refractivity contribution in [2.75, 3.05) is 6.54 Å². The van der Waals surface area contributed by atoms with Crippen LogP contribution in [0.15, 0.2) is 65.7 Å². The summed E-state index contributed by atoms with van der Waals surface area (Å²) < 4.78 is 2.50. The number of carbonyl (C=O) groups is 1. The Kier molecular flexibility index (Phi) is 4.59. The number of nitrogens with one attached hydrogen (secondary N) is 1. The van der Waals surface area contributed by atoms with Crippen LogP contribution in [0.3, 0.4) is 0 Å². The highest BCUT2D eigenvalue weighted by molar-refractivity contribution is 9.10. The molecule has 0 atom stereocenters. The van der Waals surface area contributed by atoms with Crippen molar-refractivity contribution in [2.45, 2.75) is 19.3 Å². The molecule has 1 heterocycles. The minimum atomic E-state index is -0.0812. The van der Waals surface area contributed by atoms with Crippen LogP contribution in [0, 0.1) is 5.41 Å². The molecule has 0 saturated heterocycles. The summed E-state index contributed by atoms with van der Waals surface area (Å²) in [6.45, 7) is 0.688. The quantitative estimate of drug-likeness (QED) is 0.672. The zero-order valence-electron chi connectivity index (χ0n) is 14.2. The van der Waals surface area contributed by atoms with E-state index < -0.39 is 0 Å². The van der Waals surface area contributed by atoms with E-state index in [0.29, 0.717) is 17.8 Å². The smallest absolute Gasteiger partial charge is 0.253 e. The van der Waals surface area contributed by atoms with Crippen molar-refractivity contribution in [3.63, 3.8) is 0 Å². The molecular formula is C20H19BrN4O. The van der Waals surface area contributed by atoms with E-state index in [1.54, 1.807) is 11.0 Å². The summed E-state index contributed by atoms with van der Waals surface area (Å²) in [5.41, 5.74) is 2.82. The Morgan fingerprint density at radius 2 is 2.00 bits per heavy atom. The number of halogens is 1. The summed E-state index contributed by atoms with van der Waals surface area (Å²) in [6, 6.07) is 16.0. The van der Waals surface area contributed by atoms with E-state index in [-0.39, 0.29) is 11.3 Å². The first-order valence-electron chi connectivity index (χ1n) is 8.62. The zero-order chi connectivity index (χ0) is 18.0. The number of hydrogen-bond acceptors (Lipinski definition) is 3. The Morgan fingerprint density at radius 3 is 2.69 bits per heavy atom. The number of nitrogens with zero attached hydrogens (tertiary/aromatic N) is 3. The molecule has 2 aromatic carbocycles. The minimum absolute atomic E-state index is 0.0812. The molecule has 0 aliphatic heterocycles. The van der Waals surface area contributed by atoms with Crippen LogP contribution in [0.1, 0.15) is 28.8 Å². The van der Waals surface area contributed by atoms with Crippen LogP contribution in [0.2, 0.25) is 0 Å². The van der Waals surface area contributed by atoms with Gasteiger partial charge in [-0.3, -0.25) is 4.79 Å². The van der Waals surface area contributed by atoms with Gasteiger partial charge in [-0.2, -0.15) is 5.10 Å². The Labute approximate surface area is 160 Å². The number of rotatable bonds is 6. The highest BCUT2D eigenvalue weighted by atomic mass is 79.9. The van der Waals surface area contributed by atoms with Crippen molar-refractivity contribution >= 4 is 21.8 Å². The average molecular weight is 411 g/mol. The molecule has 6 heteroatoms. The maximum Gasteiger partial charge on any atom is 0.253 e.